The van der Waals surface area contributed by atoms with Gasteiger partial charge in [-0.05, 0) is 61.3 Å². The van der Waals surface area contributed by atoms with Gasteiger partial charge in [-0.2, -0.15) is 0 Å². The van der Waals surface area contributed by atoms with Crippen molar-refractivity contribution in [2.45, 2.75) is 12.8 Å². The average Bonchev–Trinajstić information content (AvgIpc) is 2.72. The van der Waals surface area contributed by atoms with Crippen molar-refractivity contribution in [2.75, 3.05) is 13.1 Å². The molecular weight excluding hydrogens is 285 g/mol. The van der Waals surface area contributed by atoms with E-state index in [0.717, 1.165) is 31.5 Å². The first-order valence-corrected chi connectivity index (χ1v) is 7.40. The van der Waals surface area contributed by atoms with Crippen molar-refractivity contribution < 1.29 is 4.39 Å². The van der Waals surface area contributed by atoms with Gasteiger partial charge in [0.2, 0.25) is 0 Å². The normalized spacial score (nSPS) is 13.8. The number of hydrogen-bond donors (Lipinski definition) is 1. The van der Waals surface area contributed by atoms with Gasteiger partial charge in [0.1, 0.15) is 5.82 Å². The summed E-state index contributed by atoms with van der Waals surface area (Å²) in [6.07, 6.45) is 1.91. The molecule has 0 spiro atoms. The minimum Gasteiger partial charge on any atom is -0.316 e. The monoisotopic (exact) mass is 299 g/mol. The molecule has 3 rings (SSSR count). The van der Waals surface area contributed by atoms with Crippen LogP contribution in [0.3, 0.4) is 0 Å². The van der Waals surface area contributed by atoms with Crippen molar-refractivity contribution in [3.63, 3.8) is 0 Å². The molecule has 2 aromatic carbocycles. The van der Waals surface area contributed by atoms with Crippen molar-refractivity contribution in [3.05, 3.63) is 69.5 Å². The summed E-state index contributed by atoms with van der Waals surface area (Å²) < 4.78 is 13.2. The minimum atomic E-state index is -0.274. The minimum absolute atomic E-state index is 0.274. The summed E-state index contributed by atoms with van der Waals surface area (Å²) in [5, 5.41) is 4.05. The highest BCUT2D eigenvalue weighted by atomic mass is 35.5. The van der Waals surface area contributed by atoms with Crippen LogP contribution < -0.4 is 5.32 Å². The van der Waals surface area contributed by atoms with E-state index in [1.807, 2.05) is 6.07 Å². The molecule has 1 N–H and O–H groups in total. The van der Waals surface area contributed by atoms with Crippen LogP contribution >= 0.6 is 11.6 Å². The third kappa shape index (κ3) is 3.26. The van der Waals surface area contributed by atoms with Gasteiger partial charge in [-0.3, -0.25) is 0 Å². The van der Waals surface area contributed by atoms with E-state index < -0.39 is 0 Å². The highest BCUT2D eigenvalue weighted by Gasteiger charge is 2.13. The van der Waals surface area contributed by atoms with Gasteiger partial charge in [0.25, 0.3) is 0 Å². The maximum absolute atomic E-state index is 13.2. The second-order valence-electron chi connectivity index (χ2n) is 5.07. The van der Waals surface area contributed by atoms with E-state index in [9.17, 15) is 4.39 Å². The molecule has 0 saturated carbocycles. The van der Waals surface area contributed by atoms with E-state index in [0.29, 0.717) is 10.6 Å². The van der Waals surface area contributed by atoms with E-state index in [2.05, 4.69) is 23.2 Å². The van der Waals surface area contributed by atoms with Crippen molar-refractivity contribution >= 4 is 11.6 Å². The fourth-order valence-corrected chi connectivity index (χ4v) is 2.80. The van der Waals surface area contributed by atoms with Crippen LogP contribution in [0.1, 0.15) is 22.3 Å². The maximum Gasteiger partial charge on any atom is 0.124 e. The average molecular weight is 300 g/mol. The fraction of sp³-hybridized carbons (Fsp3) is 0.222. The lowest BCUT2D eigenvalue weighted by Gasteiger charge is -2.09. The topological polar surface area (TPSA) is 12.0 Å². The van der Waals surface area contributed by atoms with E-state index in [1.165, 1.54) is 23.3 Å². The molecule has 0 fully saturated rings. The zero-order valence-corrected chi connectivity index (χ0v) is 12.3. The lowest BCUT2D eigenvalue weighted by molar-refractivity contribution is 0.627. The predicted octanol–water partition coefficient (Wildman–Crippen LogP) is 3.57. The van der Waals surface area contributed by atoms with Crippen LogP contribution in [-0.4, -0.2) is 13.1 Å². The van der Waals surface area contributed by atoms with E-state index >= 15 is 0 Å². The van der Waals surface area contributed by atoms with Gasteiger partial charge in [0, 0.05) is 11.1 Å². The van der Waals surface area contributed by atoms with Crippen LogP contribution in [0.5, 0.6) is 0 Å². The number of benzene rings is 2. The zero-order valence-electron chi connectivity index (χ0n) is 11.5. The quantitative estimate of drug-likeness (QED) is 0.733. The van der Waals surface area contributed by atoms with Gasteiger partial charge < -0.3 is 5.32 Å². The number of hydrogen-bond acceptors (Lipinski definition) is 1. The molecule has 1 aliphatic heterocycles. The standard InChI is InChI=1S/C18H15ClFN/c19-18-7-5-14-8-10-21-11-9-16(14)17(18)6-4-13-2-1-3-15(20)12-13/h1-3,5,7,12,21H,8-11H2. The van der Waals surface area contributed by atoms with Crippen molar-refractivity contribution in [2.24, 2.45) is 0 Å². The molecule has 0 amide bonds. The van der Waals surface area contributed by atoms with Crippen LogP contribution in [0.15, 0.2) is 36.4 Å². The first kappa shape index (κ1) is 14.1. The van der Waals surface area contributed by atoms with Gasteiger partial charge in [0.15, 0.2) is 0 Å². The van der Waals surface area contributed by atoms with E-state index in [4.69, 9.17) is 11.6 Å². The Hall–Kier alpha value is -1.82. The Morgan fingerprint density at radius 3 is 2.76 bits per heavy atom. The number of nitrogens with one attached hydrogen (secondary N) is 1. The number of halogens is 2. The molecule has 1 nitrogen and oxygen atoms in total. The van der Waals surface area contributed by atoms with Crippen LogP contribution in [0, 0.1) is 17.7 Å². The Morgan fingerprint density at radius 1 is 1.05 bits per heavy atom. The summed E-state index contributed by atoms with van der Waals surface area (Å²) in [4.78, 5) is 0. The third-order valence-electron chi connectivity index (χ3n) is 3.64. The summed E-state index contributed by atoms with van der Waals surface area (Å²) in [7, 11) is 0. The molecular formula is C18H15ClFN. The Bertz CT molecular complexity index is 728. The lowest BCUT2D eigenvalue weighted by atomic mass is 9.97. The molecule has 0 aliphatic carbocycles. The van der Waals surface area contributed by atoms with E-state index in [-0.39, 0.29) is 5.82 Å². The highest BCUT2D eigenvalue weighted by molar-refractivity contribution is 6.31. The molecule has 0 bridgehead atoms. The van der Waals surface area contributed by atoms with Crippen LogP contribution in [0.25, 0.3) is 0 Å². The molecule has 2 aromatic rings. The van der Waals surface area contributed by atoms with Gasteiger partial charge in [-0.25, -0.2) is 4.39 Å². The zero-order chi connectivity index (χ0) is 14.7. The fourth-order valence-electron chi connectivity index (χ4n) is 2.58. The van der Waals surface area contributed by atoms with Crippen molar-refractivity contribution in [1.29, 1.82) is 0 Å². The number of rotatable bonds is 0. The molecule has 1 aliphatic rings. The van der Waals surface area contributed by atoms with Crippen LogP contribution in [0.4, 0.5) is 4.39 Å². The van der Waals surface area contributed by atoms with Crippen LogP contribution in [0.2, 0.25) is 5.02 Å². The van der Waals surface area contributed by atoms with Gasteiger partial charge in [-0.15, -0.1) is 0 Å². The van der Waals surface area contributed by atoms with Gasteiger partial charge in [0.05, 0.1) is 5.02 Å². The van der Waals surface area contributed by atoms with Crippen LogP contribution in [-0.2, 0) is 12.8 Å². The molecule has 0 aromatic heterocycles. The molecule has 0 radical (unpaired) electrons. The Morgan fingerprint density at radius 2 is 1.90 bits per heavy atom. The predicted molar refractivity (Wildman–Crippen MR) is 84.1 cm³/mol. The Labute approximate surface area is 129 Å². The largest absolute Gasteiger partial charge is 0.316 e. The van der Waals surface area contributed by atoms with Crippen molar-refractivity contribution in [3.8, 4) is 11.8 Å². The summed E-state index contributed by atoms with van der Waals surface area (Å²) in [6, 6.07) is 10.3. The lowest BCUT2D eigenvalue weighted by Crippen LogP contribution is -2.16. The molecule has 0 saturated heterocycles. The third-order valence-corrected chi connectivity index (χ3v) is 3.95. The Kier molecular flexibility index (Phi) is 4.24. The molecule has 21 heavy (non-hydrogen) atoms. The summed E-state index contributed by atoms with van der Waals surface area (Å²) in [5.74, 6) is 5.88. The van der Waals surface area contributed by atoms with E-state index in [1.54, 1.807) is 12.1 Å². The first-order valence-electron chi connectivity index (χ1n) is 7.02. The Balaban J connectivity index is 2.03. The van der Waals surface area contributed by atoms with Gasteiger partial charge >= 0.3 is 0 Å². The van der Waals surface area contributed by atoms with Crippen molar-refractivity contribution in [1.82, 2.24) is 5.32 Å². The number of fused-ring (bicyclic) bond motifs is 1. The molecule has 3 heteroatoms. The summed E-state index contributed by atoms with van der Waals surface area (Å²) in [5.41, 5.74) is 4.06. The highest BCUT2D eigenvalue weighted by Crippen LogP contribution is 2.25. The smallest absolute Gasteiger partial charge is 0.124 e. The SMILES string of the molecule is Fc1cccc(C#Cc2c(Cl)ccc3c2CCNCC3)c1. The second kappa shape index (κ2) is 6.30. The molecule has 106 valence electrons. The maximum atomic E-state index is 13.2. The second-order valence-corrected chi connectivity index (χ2v) is 5.48. The van der Waals surface area contributed by atoms with Gasteiger partial charge in [-0.1, -0.05) is 35.6 Å². The summed E-state index contributed by atoms with van der Waals surface area (Å²) >= 11 is 6.32. The molecule has 1 heterocycles. The molecule has 0 atom stereocenters. The molecule has 0 unspecified atom stereocenters. The summed E-state index contributed by atoms with van der Waals surface area (Å²) in [6.45, 7) is 1.91. The first-order chi connectivity index (χ1) is 10.2.